The van der Waals surface area contributed by atoms with Gasteiger partial charge in [-0.2, -0.15) is 0 Å². The molecule has 0 saturated carbocycles. The maximum Gasteiger partial charge on any atom is 0.123 e. The summed E-state index contributed by atoms with van der Waals surface area (Å²) in [5, 5.41) is 0.742. The van der Waals surface area contributed by atoms with E-state index in [4.69, 9.17) is 40.0 Å². The highest BCUT2D eigenvalue weighted by molar-refractivity contribution is 6.31. The first-order valence-corrected chi connectivity index (χ1v) is 20.8. The summed E-state index contributed by atoms with van der Waals surface area (Å²) in [4.78, 5) is 0. The van der Waals surface area contributed by atoms with Crippen molar-refractivity contribution < 1.29 is 28.4 Å². The summed E-state index contributed by atoms with van der Waals surface area (Å²) in [7, 11) is 0. The van der Waals surface area contributed by atoms with Crippen molar-refractivity contribution in [3.8, 4) is 5.75 Å². The third-order valence-corrected chi connectivity index (χ3v) is 11.5. The molecule has 6 nitrogen and oxygen atoms in total. The minimum atomic E-state index is -0.878. The highest BCUT2D eigenvalue weighted by atomic mass is 35.5. The Labute approximate surface area is 347 Å². The summed E-state index contributed by atoms with van der Waals surface area (Å²) in [5.74, 6) is 0.852. The van der Waals surface area contributed by atoms with Crippen LogP contribution < -0.4 is 4.74 Å². The van der Waals surface area contributed by atoms with E-state index < -0.39 is 30.0 Å². The van der Waals surface area contributed by atoms with E-state index >= 15 is 0 Å². The molecular formula is C51H51ClO6. The van der Waals surface area contributed by atoms with Crippen LogP contribution in [0.3, 0.4) is 0 Å². The molecule has 298 valence electrons. The van der Waals surface area contributed by atoms with Crippen LogP contribution in [0.1, 0.15) is 57.9 Å². The number of aryl methyl sites for hydroxylation is 1. The van der Waals surface area contributed by atoms with Gasteiger partial charge in [0.1, 0.15) is 35.8 Å². The van der Waals surface area contributed by atoms with Crippen LogP contribution in [0.5, 0.6) is 5.75 Å². The van der Waals surface area contributed by atoms with Gasteiger partial charge < -0.3 is 28.4 Å². The molecule has 1 fully saturated rings. The molecule has 58 heavy (non-hydrogen) atoms. The summed E-state index contributed by atoms with van der Waals surface area (Å²) in [5.41, 5.74) is 7.82. The summed E-state index contributed by atoms with van der Waals surface area (Å²) in [6.45, 7) is 4.50. The van der Waals surface area contributed by atoms with Crippen LogP contribution in [0, 0.1) is 0 Å². The van der Waals surface area contributed by atoms with E-state index in [0.717, 1.165) is 61.7 Å². The van der Waals surface area contributed by atoms with Crippen LogP contribution in [0.15, 0.2) is 158 Å². The Balaban J connectivity index is 1.20. The lowest BCUT2D eigenvalue weighted by molar-refractivity contribution is -0.312. The van der Waals surface area contributed by atoms with Crippen molar-refractivity contribution in [2.24, 2.45) is 0 Å². The van der Waals surface area contributed by atoms with Crippen LogP contribution in [0.2, 0.25) is 5.02 Å². The minimum absolute atomic E-state index is 0.300. The van der Waals surface area contributed by atoms with E-state index in [1.807, 2.05) is 91.9 Å². The lowest BCUT2D eigenvalue weighted by atomic mass is 9.79. The van der Waals surface area contributed by atoms with Gasteiger partial charge in [0, 0.05) is 5.02 Å². The Morgan fingerprint density at radius 3 is 1.71 bits per heavy atom. The van der Waals surface area contributed by atoms with Gasteiger partial charge in [-0.1, -0.05) is 151 Å². The van der Waals surface area contributed by atoms with Crippen LogP contribution in [0.4, 0.5) is 0 Å². The molecule has 1 aliphatic carbocycles. The quantitative estimate of drug-likeness (QED) is 0.0917. The maximum absolute atomic E-state index is 7.56. The zero-order valence-electron chi connectivity index (χ0n) is 33.0. The number of hydrogen-bond donors (Lipinski definition) is 0. The molecule has 1 heterocycles. The van der Waals surface area contributed by atoms with Crippen molar-refractivity contribution in [2.75, 3.05) is 13.2 Å². The maximum atomic E-state index is 7.56. The Morgan fingerprint density at radius 2 is 1.14 bits per heavy atom. The van der Waals surface area contributed by atoms with Gasteiger partial charge >= 0.3 is 0 Å². The van der Waals surface area contributed by atoms with Gasteiger partial charge in [-0.25, -0.2) is 0 Å². The van der Waals surface area contributed by atoms with E-state index in [1.165, 1.54) is 0 Å². The molecule has 5 atom stereocenters. The molecule has 6 aromatic carbocycles. The lowest BCUT2D eigenvalue weighted by Gasteiger charge is -2.52. The normalized spacial score (nSPS) is 21.2. The zero-order valence-corrected chi connectivity index (χ0v) is 33.8. The zero-order chi connectivity index (χ0) is 39.6. The van der Waals surface area contributed by atoms with Crippen LogP contribution in [-0.4, -0.2) is 37.6 Å². The second kappa shape index (κ2) is 19.3. The number of rotatable bonds is 17. The van der Waals surface area contributed by atoms with Crippen LogP contribution in [0.25, 0.3) is 0 Å². The largest absolute Gasteiger partial charge is 0.494 e. The molecule has 0 N–H and O–H groups in total. The molecule has 1 saturated heterocycles. The summed E-state index contributed by atoms with van der Waals surface area (Å²) >= 11 is 7.11. The minimum Gasteiger partial charge on any atom is -0.494 e. The number of ether oxygens (including phenoxy) is 6. The van der Waals surface area contributed by atoms with Gasteiger partial charge in [-0.3, -0.25) is 0 Å². The van der Waals surface area contributed by atoms with Gasteiger partial charge in [0.2, 0.25) is 0 Å². The summed E-state index contributed by atoms with van der Waals surface area (Å²) in [6, 6.07) is 53.7. The third-order valence-electron chi connectivity index (χ3n) is 11.2. The van der Waals surface area contributed by atoms with Gasteiger partial charge in [0.25, 0.3) is 0 Å². The molecule has 6 aromatic rings. The Bertz CT molecular complexity index is 2170. The second-order valence-electron chi connectivity index (χ2n) is 15.1. The van der Waals surface area contributed by atoms with Gasteiger partial charge in [0.05, 0.1) is 39.6 Å². The predicted molar refractivity (Wildman–Crippen MR) is 228 cm³/mol. The molecule has 0 unspecified atom stereocenters. The van der Waals surface area contributed by atoms with Crippen molar-refractivity contribution in [3.05, 3.63) is 207 Å². The fraction of sp³-hybridized carbons (Fsp3) is 0.294. The second-order valence-corrected chi connectivity index (χ2v) is 15.5. The fourth-order valence-corrected chi connectivity index (χ4v) is 8.57. The summed E-state index contributed by atoms with van der Waals surface area (Å²) < 4.78 is 41.1. The molecule has 0 bridgehead atoms. The summed E-state index contributed by atoms with van der Waals surface area (Å²) in [6.07, 6.45) is 0.0567. The SMILES string of the molecule is CCOc1ccc(Cc2cc3c(cc2Cl)CC[C@]32O[C@H](COCc3ccccc3)[C@@H](OCc3ccccc3)[C@H](OCc3ccccc3)[C@H]2OCc2ccccc2)cc1. The molecule has 0 amide bonds. The topological polar surface area (TPSA) is 55.4 Å². The Morgan fingerprint density at radius 1 is 0.603 bits per heavy atom. The highest BCUT2D eigenvalue weighted by Gasteiger charge is 2.59. The van der Waals surface area contributed by atoms with Crippen LogP contribution in [-0.2, 0) is 68.6 Å². The molecule has 7 heteroatoms. The highest BCUT2D eigenvalue weighted by Crippen LogP contribution is 2.51. The van der Waals surface area contributed by atoms with Crippen molar-refractivity contribution in [1.29, 1.82) is 0 Å². The lowest BCUT2D eigenvalue weighted by Crippen LogP contribution is -2.65. The molecule has 2 aliphatic rings. The fourth-order valence-electron chi connectivity index (χ4n) is 8.32. The van der Waals surface area contributed by atoms with Crippen molar-refractivity contribution in [3.63, 3.8) is 0 Å². The standard InChI is InChI=1S/C51H51ClO6/c1-2-54-44-25-23-37(24-26-44)29-43-30-45-42(31-46(43)52)27-28-51(45)50(57-35-41-21-13-6-14-22-41)49(56-34-40-19-11-5-12-20-40)48(55-33-39-17-9-4-10-18-39)47(58-51)36-53-32-38-15-7-3-8-16-38/h3-26,30-31,47-50H,2,27-29,32-36H2,1H3/t47-,48-,49+,50-,51+/m1/s1. The number of halogens is 1. The third kappa shape index (κ3) is 9.56. The number of benzene rings is 6. The van der Waals surface area contributed by atoms with E-state index in [9.17, 15) is 0 Å². The van der Waals surface area contributed by atoms with Crippen molar-refractivity contribution >= 4 is 11.6 Å². The van der Waals surface area contributed by atoms with Gasteiger partial charge in [-0.05, 0) is 88.9 Å². The van der Waals surface area contributed by atoms with E-state index in [0.29, 0.717) is 52.5 Å². The average molecular weight is 795 g/mol. The first kappa shape index (κ1) is 40.0. The average Bonchev–Trinajstić information content (AvgIpc) is 3.60. The molecule has 0 radical (unpaired) electrons. The monoisotopic (exact) mass is 794 g/mol. The molecule has 1 aliphatic heterocycles. The van der Waals surface area contributed by atoms with E-state index in [1.54, 1.807) is 0 Å². The smallest absolute Gasteiger partial charge is 0.123 e. The molecule has 8 rings (SSSR count). The number of hydrogen-bond acceptors (Lipinski definition) is 6. The first-order chi connectivity index (χ1) is 28.6. The molecule has 1 spiro atoms. The Kier molecular flexibility index (Phi) is 13.3. The number of fused-ring (bicyclic) bond motifs is 2. The van der Waals surface area contributed by atoms with Crippen molar-refractivity contribution in [1.82, 2.24) is 0 Å². The van der Waals surface area contributed by atoms with Gasteiger partial charge in [0.15, 0.2) is 0 Å². The van der Waals surface area contributed by atoms with Crippen LogP contribution >= 0.6 is 11.6 Å². The van der Waals surface area contributed by atoms with E-state index in [2.05, 4.69) is 72.8 Å². The Hall–Kier alpha value is -4.79. The van der Waals surface area contributed by atoms with Gasteiger partial charge in [-0.15, -0.1) is 0 Å². The predicted octanol–water partition coefficient (Wildman–Crippen LogP) is 10.8. The molecular weight excluding hydrogens is 744 g/mol. The first-order valence-electron chi connectivity index (χ1n) is 20.4. The molecule has 0 aromatic heterocycles. The van der Waals surface area contributed by atoms with E-state index in [-0.39, 0.29) is 0 Å². The van der Waals surface area contributed by atoms with Crippen molar-refractivity contribution in [2.45, 2.75) is 82.6 Å².